The van der Waals surface area contributed by atoms with Gasteiger partial charge in [-0.05, 0) is 31.5 Å². The number of carbonyl (C=O) groups is 1. The standard InChI is InChI=1S/C10H13NO3/c1-10(2,14-9(12)13-3)8-4-6-11-7-5-8/h4-7H,1-3H3. The molecule has 0 atom stereocenters. The van der Waals surface area contributed by atoms with Crippen LogP contribution in [-0.2, 0) is 15.1 Å². The Hall–Kier alpha value is -1.58. The number of hydrogen-bond acceptors (Lipinski definition) is 4. The average Bonchev–Trinajstić information content (AvgIpc) is 2.18. The Labute approximate surface area is 82.9 Å². The zero-order valence-corrected chi connectivity index (χ0v) is 8.48. The minimum atomic E-state index is -0.698. The first-order valence-corrected chi connectivity index (χ1v) is 4.24. The smallest absolute Gasteiger partial charge is 0.438 e. The monoisotopic (exact) mass is 195 g/mol. The Bertz CT molecular complexity index is 308. The average molecular weight is 195 g/mol. The Morgan fingerprint density at radius 3 is 2.43 bits per heavy atom. The van der Waals surface area contributed by atoms with E-state index in [0.717, 1.165) is 5.56 Å². The van der Waals surface area contributed by atoms with Crippen molar-refractivity contribution < 1.29 is 14.3 Å². The van der Waals surface area contributed by atoms with Gasteiger partial charge in [-0.15, -0.1) is 0 Å². The highest BCUT2D eigenvalue weighted by Gasteiger charge is 2.25. The van der Waals surface area contributed by atoms with Gasteiger partial charge in [0.1, 0.15) is 5.60 Å². The highest BCUT2D eigenvalue weighted by atomic mass is 16.7. The van der Waals surface area contributed by atoms with Gasteiger partial charge < -0.3 is 9.47 Å². The van der Waals surface area contributed by atoms with Crippen LogP contribution in [0.25, 0.3) is 0 Å². The summed E-state index contributed by atoms with van der Waals surface area (Å²) < 4.78 is 9.51. The number of pyridine rings is 1. The first kappa shape index (κ1) is 10.5. The zero-order valence-electron chi connectivity index (χ0n) is 8.48. The molecule has 0 spiro atoms. The van der Waals surface area contributed by atoms with E-state index in [1.54, 1.807) is 38.4 Å². The number of methoxy groups -OCH3 is 1. The van der Waals surface area contributed by atoms with Crippen LogP contribution in [0.4, 0.5) is 4.79 Å². The molecule has 1 aromatic rings. The van der Waals surface area contributed by atoms with Crippen molar-refractivity contribution in [1.29, 1.82) is 0 Å². The van der Waals surface area contributed by atoms with Crippen molar-refractivity contribution in [3.05, 3.63) is 30.1 Å². The van der Waals surface area contributed by atoms with Crippen molar-refractivity contribution in [2.45, 2.75) is 19.4 Å². The van der Waals surface area contributed by atoms with Gasteiger partial charge in [0, 0.05) is 12.4 Å². The molecule has 0 aliphatic rings. The van der Waals surface area contributed by atoms with Crippen molar-refractivity contribution in [1.82, 2.24) is 4.98 Å². The molecule has 0 fully saturated rings. The van der Waals surface area contributed by atoms with Gasteiger partial charge in [0.15, 0.2) is 0 Å². The Morgan fingerprint density at radius 1 is 1.36 bits per heavy atom. The molecule has 0 saturated heterocycles. The molecule has 1 rings (SSSR count). The first-order valence-electron chi connectivity index (χ1n) is 4.24. The van der Waals surface area contributed by atoms with Crippen LogP contribution in [0.2, 0.25) is 0 Å². The number of rotatable bonds is 2. The van der Waals surface area contributed by atoms with Gasteiger partial charge in [0.05, 0.1) is 7.11 Å². The van der Waals surface area contributed by atoms with Gasteiger partial charge in [-0.25, -0.2) is 4.79 Å². The summed E-state index contributed by atoms with van der Waals surface area (Å²) in [5, 5.41) is 0. The summed E-state index contributed by atoms with van der Waals surface area (Å²) in [5.41, 5.74) is 0.175. The highest BCUT2D eigenvalue weighted by Crippen LogP contribution is 2.24. The predicted octanol–water partition coefficient (Wildman–Crippen LogP) is 2.10. The van der Waals surface area contributed by atoms with Gasteiger partial charge in [-0.2, -0.15) is 0 Å². The first-order chi connectivity index (χ1) is 6.56. The van der Waals surface area contributed by atoms with Crippen molar-refractivity contribution in [2.75, 3.05) is 7.11 Å². The third-order valence-electron chi connectivity index (χ3n) is 1.88. The van der Waals surface area contributed by atoms with E-state index in [0.29, 0.717) is 0 Å². The number of aromatic nitrogens is 1. The van der Waals surface area contributed by atoms with Crippen LogP contribution in [0.1, 0.15) is 19.4 Å². The van der Waals surface area contributed by atoms with Gasteiger partial charge >= 0.3 is 6.16 Å². The molecule has 0 aromatic carbocycles. The maximum atomic E-state index is 10.9. The lowest BCUT2D eigenvalue weighted by Gasteiger charge is -2.24. The van der Waals surface area contributed by atoms with Crippen LogP contribution in [0.15, 0.2) is 24.5 Å². The molecule has 1 heterocycles. The van der Waals surface area contributed by atoms with Crippen LogP contribution in [0.3, 0.4) is 0 Å². The Kier molecular flexibility index (Phi) is 3.06. The van der Waals surface area contributed by atoms with Crippen LogP contribution < -0.4 is 0 Å². The summed E-state index contributed by atoms with van der Waals surface area (Å²) in [7, 11) is 1.28. The van der Waals surface area contributed by atoms with Gasteiger partial charge in [0.2, 0.25) is 0 Å². The third-order valence-corrected chi connectivity index (χ3v) is 1.88. The number of ether oxygens (including phenoxy) is 2. The lowest BCUT2D eigenvalue weighted by atomic mass is 10.00. The van der Waals surface area contributed by atoms with E-state index < -0.39 is 11.8 Å². The fourth-order valence-electron chi connectivity index (χ4n) is 1.06. The predicted molar refractivity (Wildman–Crippen MR) is 50.8 cm³/mol. The molecular formula is C10H13NO3. The molecule has 14 heavy (non-hydrogen) atoms. The highest BCUT2D eigenvalue weighted by molar-refractivity contribution is 5.60. The molecule has 0 aliphatic heterocycles. The topological polar surface area (TPSA) is 48.4 Å². The maximum absolute atomic E-state index is 10.9. The summed E-state index contributed by atoms with van der Waals surface area (Å²) in [6.07, 6.45) is 2.61. The van der Waals surface area contributed by atoms with E-state index in [1.807, 2.05) is 0 Å². The van der Waals surface area contributed by atoms with E-state index in [9.17, 15) is 4.79 Å². The molecule has 0 aliphatic carbocycles. The van der Waals surface area contributed by atoms with Crippen LogP contribution in [-0.4, -0.2) is 18.2 Å². The molecule has 0 saturated carbocycles. The quantitative estimate of drug-likeness (QED) is 0.678. The second kappa shape index (κ2) is 4.09. The molecule has 0 amide bonds. The molecular weight excluding hydrogens is 182 g/mol. The van der Waals surface area contributed by atoms with E-state index in [1.165, 1.54) is 7.11 Å². The fourth-order valence-corrected chi connectivity index (χ4v) is 1.06. The van der Waals surface area contributed by atoms with Crippen LogP contribution in [0.5, 0.6) is 0 Å². The summed E-state index contributed by atoms with van der Waals surface area (Å²) in [5.74, 6) is 0. The van der Waals surface area contributed by atoms with Crippen LogP contribution >= 0.6 is 0 Å². The SMILES string of the molecule is COC(=O)OC(C)(C)c1ccncc1. The summed E-state index contributed by atoms with van der Waals surface area (Å²) in [6, 6.07) is 3.59. The number of nitrogens with zero attached hydrogens (tertiary/aromatic N) is 1. The second-order valence-electron chi connectivity index (χ2n) is 3.30. The minimum Gasteiger partial charge on any atom is -0.438 e. The minimum absolute atomic E-state index is 0.688. The van der Waals surface area contributed by atoms with Crippen LogP contribution in [0, 0.1) is 0 Å². The lowest BCUT2D eigenvalue weighted by Crippen LogP contribution is -2.25. The Morgan fingerprint density at radius 2 is 1.93 bits per heavy atom. The van der Waals surface area contributed by atoms with Crippen molar-refractivity contribution in [3.8, 4) is 0 Å². The molecule has 0 radical (unpaired) electrons. The van der Waals surface area contributed by atoms with Crippen molar-refractivity contribution in [2.24, 2.45) is 0 Å². The van der Waals surface area contributed by atoms with Crippen molar-refractivity contribution >= 4 is 6.16 Å². The zero-order chi connectivity index (χ0) is 10.6. The third kappa shape index (κ3) is 2.45. The molecule has 4 heteroatoms. The summed E-state index contributed by atoms with van der Waals surface area (Å²) in [6.45, 7) is 3.58. The van der Waals surface area contributed by atoms with Gasteiger partial charge in [-0.1, -0.05) is 0 Å². The molecule has 76 valence electrons. The maximum Gasteiger partial charge on any atom is 0.508 e. The number of carbonyl (C=O) groups excluding carboxylic acids is 1. The largest absolute Gasteiger partial charge is 0.508 e. The summed E-state index contributed by atoms with van der Waals surface area (Å²) >= 11 is 0. The van der Waals surface area contributed by atoms with Gasteiger partial charge in [0.25, 0.3) is 0 Å². The molecule has 4 nitrogen and oxygen atoms in total. The van der Waals surface area contributed by atoms with E-state index >= 15 is 0 Å². The van der Waals surface area contributed by atoms with E-state index in [4.69, 9.17) is 4.74 Å². The molecule has 0 bridgehead atoms. The lowest BCUT2D eigenvalue weighted by molar-refractivity contribution is -0.00960. The molecule has 0 unspecified atom stereocenters. The van der Waals surface area contributed by atoms with Gasteiger partial charge in [-0.3, -0.25) is 4.98 Å². The fraction of sp³-hybridized carbons (Fsp3) is 0.400. The van der Waals surface area contributed by atoms with E-state index in [-0.39, 0.29) is 0 Å². The molecule has 0 N–H and O–H groups in total. The molecule has 1 aromatic heterocycles. The second-order valence-corrected chi connectivity index (χ2v) is 3.30. The summed E-state index contributed by atoms with van der Waals surface area (Å²) in [4.78, 5) is 14.8. The van der Waals surface area contributed by atoms with E-state index in [2.05, 4.69) is 9.72 Å². The van der Waals surface area contributed by atoms with Crippen molar-refractivity contribution in [3.63, 3.8) is 0 Å². The Balaban J connectivity index is 2.80. The number of hydrogen-bond donors (Lipinski definition) is 0. The normalized spacial score (nSPS) is 10.8.